The quantitative estimate of drug-likeness (QED) is 0.332. The molecule has 4 rings (SSSR count). The molecule has 3 aromatic carbocycles. The molecule has 4 atom stereocenters. The first-order chi connectivity index (χ1) is 17.4. The summed E-state index contributed by atoms with van der Waals surface area (Å²) in [5, 5.41) is 18.6. The number of hydrogen-bond acceptors (Lipinski definition) is 7. The molecule has 1 aliphatic heterocycles. The molecule has 0 amide bonds. The van der Waals surface area contributed by atoms with Crippen molar-refractivity contribution in [2.24, 2.45) is 5.92 Å². The highest BCUT2D eigenvalue weighted by Crippen LogP contribution is 2.42. The Hall–Kier alpha value is -2.40. The summed E-state index contributed by atoms with van der Waals surface area (Å²) >= 11 is 1.62. The molecule has 1 heterocycles. The van der Waals surface area contributed by atoms with E-state index in [4.69, 9.17) is 9.47 Å². The molecule has 7 nitrogen and oxygen atoms in total. The molecule has 9 heteroatoms. The van der Waals surface area contributed by atoms with Crippen molar-refractivity contribution in [3.63, 3.8) is 0 Å². The normalized spacial score (nSPS) is 22.3. The van der Waals surface area contributed by atoms with Crippen molar-refractivity contribution in [3.8, 4) is 0 Å². The van der Waals surface area contributed by atoms with Gasteiger partial charge in [-0.3, -0.25) is 4.72 Å². The van der Waals surface area contributed by atoms with Gasteiger partial charge in [0.15, 0.2) is 6.29 Å². The van der Waals surface area contributed by atoms with Crippen molar-refractivity contribution < 1.29 is 28.1 Å². The van der Waals surface area contributed by atoms with E-state index in [9.17, 15) is 18.6 Å². The molecule has 1 fully saturated rings. The smallest absolute Gasteiger partial charge is 0.261 e. The first-order valence-electron chi connectivity index (χ1n) is 11.8. The first kappa shape index (κ1) is 26.7. The third-order valence-electron chi connectivity index (χ3n) is 6.11. The number of thioether (sulfide) groups is 1. The van der Waals surface area contributed by atoms with E-state index in [2.05, 4.69) is 11.6 Å². The Labute approximate surface area is 216 Å². The number of nitrogens with one attached hydrogen (secondary N) is 1. The van der Waals surface area contributed by atoms with E-state index in [1.54, 1.807) is 60.3 Å². The average molecular weight is 530 g/mol. The van der Waals surface area contributed by atoms with Gasteiger partial charge in [-0.2, -0.15) is 11.8 Å². The number of hydrogen-bond donors (Lipinski definition) is 3. The summed E-state index contributed by atoms with van der Waals surface area (Å²) in [7, 11) is -3.73. The maximum Gasteiger partial charge on any atom is 0.261 e. The standard InChI is InChI=1S/C27H31NO6S2/c1-19-25(18-35-15-14-29)33-27(34-26(19)21-12-10-20(17-30)11-13-21)22-6-5-7-23(16-22)28-36(31,32)24-8-3-2-4-9-24/h2-13,16,19,25-30H,14-15,17-18H2,1H3/t19-,25+,26+,27+/m1/s1. The molecule has 36 heavy (non-hydrogen) atoms. The average Bonchev–Trinajstić information content (AvgIpc) is 2.90. The van der Waals surface area contributed by atoms with Crippen molar-refractivity contribution in [2.75, 3.05) is 22.8 Å². The lowest BCUT2D eigenvalue weighted by atomic mass is 9.91. The SMILES string of the molecule is C[C@@H]1[C@H](CSCCO)O[C@H](c2cccc(NS(=O)(=O)c3ccccc3)c2)O[C@@H]1c1ccc(CO)cc1. The highest BCUT2D eigenvalue weighted by molar-refractivity contribution is 7.99. The number of sulfonamides is 1. The van der Waals surface area contributed by atoms with Crippen molar-refractivity contribution in [1.29, 1.82) is 0 Å². The van der Waals surface area contributed by atoms with Gasteiger partial charge < -0.3 is 19.7 Å². The summed E-state index contributed by atoms with van der Waals surface area (Å²) in [6.45, 7) is 2.15. The van der Waals surface area contributed by atoms with Crippen LogP contribution in [0.15, 0.2) is 83.8 Å². The van der Waals surface area contributed by atoms with Crippen LogP contribution in [-0.2, 0) is 26.1 Å². The third-order valence-corrected chi connectivity index (χ3v) is 8.54. The van der Waals surface area contributed by atoms with Gasteiger partial charge in [-0.25, -0.2) is 8.42 Å². The van der Waals surface area contributed by atoms with Crippen LogP contribution >= 0.6 is 11.8 Å². The van der Waals surface area contributed by atoms with Crippen LogP contribution in [0.1, 0.15) is 36.0 Å². The zero-order chi connectivity index (χ0) is 25.5. The van der Waals surface area contributed by atoms with Crippen LogP contribution in [0.4, 0.5) is 5.69 Å². The molecule has 0 aromatic heterocycles. The molecule has 3 aromatic rings. The van der Waals surface area contributed by atoms with Crippen molar-refractivity contribution in [1.82, 2.24) is 0 Å². The molecule has 0 saturated carbocycles. The lowest BCUT2D eigenvalue weighted by molar-refractivity contribution is -0.268. The summed E-state index contributed by atoms with van der Waals surface area (Å²) in [4.78, 5) is 0.182. The van der Waals surface area contributed by atoms with Gasteiger partial charge in [0.25, 0.3) is 10.0 Å². The molecular formula is C27H31NO6S2. The van der Waals surface area contributed by atoms with Crippen LogP contribution in [0, 0.1) is 5.92 Å². The summed E-state index contributed by atoms with van der Waals surface area (Å²) in [6.07, 6.45) is -1.11. The molecule has 3 N–H and O–H groups in total. The van der Waals surface area contributed by atoms with E-state index in [1.165, 1.54) is 0 Å². The van der Waals surface area contributed by atoms with Gasteiger partial charge in [0.2, 0.25) is 0 Å². The second-order valence-electron chi connectivity index (χ2n) is 8.66. The summed E-state index contributed by atoms with van der Waals surface area (Å²) in [6, 6.07) is 22.9. The molecule has 0 radical (unpaired) electrons. The van der Waals surface area contributed by atoms with Gasteiger partial charge in [0.05, 0.1) is 30.3 Å². The lowest BCUT2D eigenvalue weighted by Crippen LogP contribution is -2.38. The topological polar surface area (TPSA) is 105 Å². The fourth-order valence-electron chi connectivity index (χ4n) is 4.14. The second-order valence-corrected chi connectivity index (χ2v) is 11.5. The van der Waals surface area contributed by atoms with Crippen LogP contribution in [0.25, 0.3) is 0 Å². The minimum absolute atomic E-state index is 0.0286. The Kier molecular flexibility index (Phi) is 9.05. The van der Waals surface area contributed by atoms with E-state index in [-0.39, 0.29) is 36.2 Å². The van der Waals surface area contributed by atoms with Gasteiger partial charge in [-0.15, -0.1) is 0 Å². The molecule has 1 saturated heterocycles. The number of ether oxygens (including phenoxy) is 2. The maximum absolute atomic E-state index is 12.8. The van der Waals surface area contributed by atoms with E-state index in [0.29, 0.717) is 22.8 Å². The minimum Gasteiger partial charge on any atom is -0.396 e. The van der Waals surface area contributed by atoms with Crippen LogP contribution in [0.3, 0.4) is 0 Å². The van der Waals surface area contributed by atoms with Gasteiger partial charge in [0.1, 0.15) is 0 Å². The predicted octanol–water partition coefficient (Wildman–Crippen LogP) is 4.50. The molecule has 192 valence electrons. The maximum atomic E-state index is 12.8. The van der Waals surface area contributed by atoms with Gasteiger partial charge in [-0.05, 0) is 35.4 Å². The fraction of sp³-hybridized carbons (Fsp3) is 0.333. The highest BCUT2D eigenvalue weighted by Gasteiger charge is 2.38. The van der Waals surface area contributed by atoms with Crippen LogP contribution in [-0.4, -0.2) is 42.8 Å². The predicted molar refractivity (Wildman–Crippen MR) is 141 cm³/mol. The summed E-state index contributed by atoms with van der Waals surface area (Å²) in [5.74, 6) is 1.34. The number of anilines is 1. The van der Waals surface area contributed by atoms with E-state index >= 15 is 0 Å². The molecule has 0 unspecified atom stereocenters. The molecule has 0 spiro atoms. The number of aliphatic hydroxyl groups is 2. The zero-order valence-corrected chi connectivity index (χ0v) is 21.6. The lowest BCUT2D eigenvalue weighted by Gasteiger charge is -2.41. The molecule has 1 aliphatic rings. The zero-order valence-electron chi connectivity index (χ0n) is 20.0. The van der Waals surface area contributed by atoms with Crippen LogP contribution in [0.5, 0.6) is 0 Å². The molecular weight excluding hydrogens is 498 g/mol. The number of rotatable bonds is 10. The van der Waals surface area contributed by atoms with Crippen molar-refractivity contribution in [2.45, 2.75) is 36.9 Å². The monoisotopic (exact) mass is 529 g/mol. The van der Waals surface area contributed by atoms with E-state index < -0.39 is 16.3 Å². The van der Waals surface area contributed by atoms with Crippen LogP contribution in [0.2, 0.25) is 0 Å². The Bertz CT molecular complexity index is 1220. The number of aliphatic hydroxyl groups excluding tert-OH is 2. The van der Waals surface area contributed by atoms with E-state index in [0.717, 1.165) is 11.1 Å². The summed E-state index contributed by atoms with van der Waals surface area (Å²) in [5.41, 5.74) is 2.91. The third kappa shape index (κ3) is 6.47. The van der Waals surface area contributed by atoms with Gasteiger partial charge in [-0.1, -0.05) is 61.5 Å². The Morgan fingerprint density at radius 3 is 2.36 bits per heavy atom. The highest BCUT2D eigenvalue weighted by atomic mass is 32.2. The van der Waals surface area contributed by atoms with Crippen LogP contribution < -0.4 is 4.72 Å². The fourth-order valence-corrected chi connectivity index (χ4v) is 6.12. The van der Waals surface area contributed by atoms with E-state index in [1.807, 2.05) is 30.3 Å². The summed E-state index contributed by atoms with van der Waals surface area (Å²) < 4.78 is 41.0. The largest absolute Gasteiger partial charge is 0.396 e. The number of benzene rings is 3. The Balaban J connectivity index is 1.59. The molecule has 0 bridgehead atoms. The first-order valence-corrected chi connectivity index (χ1v) is 14.4. The Morgan fingerprint density at radius 1 is 0.917 bits per heavy atom. The molecule has 0 aliphatic carbocycles. The minimum atomic E-state index is -3.73. The van der Waals surface area contributed by atoms with Crippen molar-refractivity contribution >= 4 is 27.5 Å². The van der Waals surface area contributed by atoms with Gasteiger partial charge >= 0.3 is 0 Å². The second kappa shape index (κ2) is 12.2. The van der Waals surface area contributed by atoms with Gasteiger partial charge in [0, 0.05) is 28.7 Å². The van der Waals surface area contributed by atoms with Crippen molar-refractivity contribution in [3.05, 3.63) is 95.6 Å². The Morgan fingerprint density at radius 2 is 1.67 bits per heavy atom.